The SMILES string of the molecule is N#Cc1ccc(-c2ccccc2)c(C(=O)N2C(C(=O)O)CCC2c2ccccc2Cl)c1C#N. The fraction of sp³-hybridized carbons (Fsp3) is 0.154. The van der Waals surface area contributed by atoms with E-state index in [9.17, 15) is 25.2 Å². The van der Waals surface area contributed by atoms with Gasteiger partial charge in [-0.1, -0.05) is 66.2 Å². The Labute approximate surface area is 195 Å². The second kappa shape index (κ2) is 9.16. The zero-order valence-corrected chi connectivity index (χ0v) is 18.2. The highest BCUT2D eigenvalue weighted by atomic mass is 35.5. The van der Waals surface area contributed by atoms with Gasteiger partial charge in [0.25, 0.3) is 5.91 Å². The highest BCUT2D eigenvalue weighted by molar-refractivity contribution is 6.31. The van der Waals surface area contributed by atoms with Crippen LogP contribution in [-0.4, -0.2) is 27.9 Å². The van der Waals surface area contributed by atoms with Crippen LogP contribution in [0.4, 0.5) is 0 Å². The highest BCUT2D eigenvalue weighted by Crippen LogP contribution is 2.41. The van der Waals surface area contributed by atoms with Crippen molar-refractivity contribution in [1.29, 1.82) is 10.5 Å². The molecule has 0 spiro atoms. The molecule has 162 valence electrons. The number of carboxylic acids is 1. The fourth-order valence-electron chi connectivity index (χ4n) is 4.41. The van der Waals surface area contributed by atoms with Gasteiger partial charge in [0.15, 0.2) is 0 Å². The molecular weight excluding hydrogens is 438 g/mol. The van der Waals surface area contributed by atoms with Gasteiger partial charge in [0, 0.05) is 5.02 Å². The summed E-state index contributed by atoms with van der Waals surface area (Å²) in [6.45, 7) is 0. The molecule has 6 nitrogen and oxygen atoms in total. The molecule has 1 fully saturated rings. The maximum atomic E-state index is 14.1. The van der Waals surface area contributed by atoms with Crippen LogP contribution in [0.3, 0.4) is 0 Å². The average Bonchev–Trinajstić information content (AvgIpc) is 3.28. The number of hydrogen-bond acceptors (Lipinski definition) is 4. The second-order valence-corrected chi connectivity index (χ2v) is 8.09. The number of nitrogens with zero attached hydrogens (tertiary/aromatic N) is 3. The van der Waals surface area contributed by atoms with E-state index in [2.05, 4.69) is 0 Å². The average molecular weight is 456 g/mol. The zero-order valence-electron chi connectivity index (χ0n) is 17.4. The van der Waals surface area contributed by atoms with Crippen molar-refractivity contribution in [2.24, 2.45) is 0 Å². The maximum Gasteiger partial charge on any atom is 0.326 e. The molecular formula is C26H18ClN3O3. The first-order valence-electron chi connectivity index (χ1n) is 10.3. The number of benzene rings is 3. The summed E-state index contributed by atoms with van der Waals surface area (Å²) in [5.74, 6) is -1.74. The van der Waals surface area contributed by atoms with Crippen LogP contribution < -0.4 is 0 Å². The zero-order chi connectivity index (χ0) is 23.5. The molecule has 1 amide bonds. The number of aliphatic carboxylic acids is 1. The Kier molecular flexibility index (Phi) is 6.13. The molecule has 0 aliphatic carbocycles. The van der Waals surface area contributed by atoms with Crippen molar-refractivity contribution in [2.45, 2.75) is 24.9 Å². The van der Waals surface area contributed by atoms with Gasteiger partial charge in [0.1, 0.15) is 18.2 Å². The van der Waals surface area contributed by atoms with Gasteiger partial charge in [0.2, 0.25) is 0 Å². The number of carbonyl (C=O) groups excluding carboxylic acids is 1. The number of rotatable bonds is 4. The Hall–Kier alpha value is -4.13. The first-order chi connectivity index (χ1) is 16.0. The first kappa shape index (κ1) is 22.1. The normalized spacial score (nSPS) is 17.2. The third kappa shape index (κ3) is 3.93. The summed E-state index contributed by atoms with van der Waals surface area (Å²) in [7, 11) is 0. The molecule has 33 heavy (non-hydrogen) atoms. The van der Waals surface area contributed by atoms with E-state index in [-0.39, 0.29) is 23.1 Å². The van der Waals surface area contributed by atoms with E-state index >= 15 is 0 Å². The maximum absolute atomic E-state index is 14.1. The van der Waals surface area contributed by atoms with Crippen LogP contribution in [0, 0.1) is 22.7 Å². The molecule has 1 N–H and O–H groups in total. The van der Waals surface area contributed by atoms with E-state index < -0.39 is 24.0 Å². The molecule has 3 aromatic rings. The van der Waals surface area contributed by atoms with Gasteiger partial charge in [-0.05, 0) is 41.7 Å². The van der Waals surface area contributed by atoms with Gasteiger partial charge >= 0.3 is 5.97 Å². The Morgan fingerprint density at radius 2 is 1.64 bits per heavy atom. The number of carboxylic acid groups (broad SMARTS) is 1. The van der Waals surface area contributed by atoms with E-state index in [1.165, 1.54) is 11.0 Å². The molecule has 7 heteroatoms. The van der Waals surface area contributed by atoms with Gasteiger partial charge in [-0.3, -0.25) is 4.79 Å². The third-order valence-corrected chi connectivity index (χ3v) is 6.25. The topological polar surface area (TPSA) is 105 Å². The Balaban J connectivity index is 1.94. The Morgan fingerprint density at radius 3 is 2.27 bits per heavy atom. The summed E-state index contributed by atoms with van der Waals surface area (Å²) in [6, 6.07) is 21.5. The van der Waals surface area contributed by atoms with Crippen molar-refractivity contribution in [3.8, 4) is 23.3 Å². The van der Waals surface area contributed by atoms with E-state index in [0.717, 1.165) is 0 Å². The van der Waals surface area contributed by atoms with Crippen LogP contribution >= 0.6 is 11.6 Å². The van der Waals surface area contributed by atoms with E-state index in [1.807, 2.05) is 18.2 Å². The molecule has 4 rings (SSSR count). The number of likely N-dealkylation sites (tertiary alicyclic amines) is 1. The molecule has 3 aromatic carbocycles. The summed E-state index contributed by atoms with van der Waals surface area (Å²) >= 11 is 6.40. The standard InChI is InChI=1S/C26H18ClN3O3/c27-21-9-5-4-8-19(21)22-12-13-23(26(32)33)30(22)25(31)24-18(16-6-2-1-3-7-16)11-10-17(14-28)20(24)15-29/h1-11,22-23H,12-13H2,(H,32,33). The molecule has 1 aliphatic rings. The lowest BCUT2D eigenvalue weighted by molar-refractivity contribution is -0.141. The first-order valence-corrected chi connectivity index (χ1v) is 10.7. The minimum atomic E-state index is -1.13. The Bertz CT molecular complexity index is 1320. The lowest BCUT2D eigenvalue weighted by Gasteiger charge is -2.30. The van der Waals surface area contributed by atoms with Crippen LogP contribution in [0.15, 0.2) is 66.7 Å². The predicted octanol–water partition coefficient (Wildman–Crippen LogP) is 5.18. The van der Waals surface area contributed by atoms with Crippen molar-refractivity contribution in [1.82, 2.24) is 4.90 Å². The molecule has 0 bridgehead atoms. The summed E-state index contributed by atoms with van der Waals surface area (Å²) in [5.41, 5.74) is 1.80. The monoisotopic (exact) mass is 455 g/mol. The van der Waals surface area contributed by atoms with Crippen molar-refractivity contribution < 1.29 is 14.7 Å². The van der Waals surface area contributed by atoms with Gasteiger partial charge in [0.05, 0.1) is 22.7 Å². The second-order valence-electron chi connectivity index (χ2n) is 7.68. The number of nitriles is 2. The minimum absolute atomic E-state index is 0.0213. The van der Waals surface area contributed by atoms with Crippen LogP contribution in [0.2, 0.25) is 5.02 Å². The van der Waals surface area contributed by atoms with Crippen LogP contribution in [0.1, 0.15) is 45.9 Å². The fourth-order valence-corrected chi connectivity index (χ4v) is 4.67. The number of carbonyl (C=O) groups is 2. The number of amides is 1. The quantitative estimate of drug-likeness (QED) is 0.583. The molecule has 2 atom stereocenters. The molecule has 0 saturated carbocycles. The smallest absolute Gasteiger partial charge is 0.326 e. The molecule has 0 radical (unpaired) electrons. The third-order valence-electron chi connectivity index (χ3n) is 5.91. The highest BCUT2D eigenvalue weighted by Gasteiger charge is 2.44. The lowest BCUT2D eigenvalue weighted by atomic mass is 9.91. The minimum Gasteiger partial charge on any atom is -0.480 e. The van der Waals surface area contributed by atoms with Crippen molar-refractivity contribution in [2.75, 3.05) is 0 Å². The summed E-state index contributed by atoms with van der Waals surface area (Å²) in [5, 5.41) is 29.8. The largest absolute Gasteiger partial charge is 0.480 e. The van der Waals surface area contributed by atoms with E-state index in [4.69, 9.17) is 11.6 Å². The Morgan fingerprint density at radius 1 is 0.939 bits per heavy atom. The van der Waals surface area contributed by atoms with Crippen LogP contribution in [0.5, 0.6) is 0 Å². The van der Waals surface area contributed by atoms with Crippen molar-refractivity contribution in [3.63, 3.8) is 0 Å². The van der Waals surface area contributed by atoms with Gasteiger partial charge in [-0.15, -0.1) is 0 Å². The van der Waals surface area contributed by atoms with Crippen LogP contribution in [-0.2, 0) is 4.79 Å². The van der Waals surface area contributed by atoms with E-state index in [1.54, 1.807) is 54.6 Å². The van der Waals surface area contributed by atoms with Gasteiger partial charge in [-0.25, -0.2) is 4.79 Å². The molecule has 1 saturated heterocycles. The summed E-state index contributed by atoms with van der Waals surface area (Å²) < 4.78 is 0. The summed E-state index contributed by atoms with van der Waals surface area (Å²) in [4.78, 5) is 27.5. The number of hydrogen-bond donors (Lipinski definition) is 1. The molecule has 1 aliphatic heterocycles. The summed E-state index contributed by atoms with van der Waals surface area (Å²) in [6.07, 6.45) is 0.657. The molecule has 0 aromatic heterocycles. The number of halogens is 1. The molecule has 1 heterocycles. The van der Waals surface area contributed by atoms with Crippen LogP contribution in [0.25, 0.3) is 11.1 Å². The van der Waals surface area contributed by atoms with Gasteiger partial charge < -0.3 is 10.0 Å². The van der Waals surface area contributed by atoms with Gasteiger partial charge in [-0.2, -0.15) is 10.5 Å². The van der Waals surface area contributed by atoms with Crippen molar-refractivity contribution in [3.05, 3.63) is 94.0 Å². The lowest BCUT2D eigenvalue weighted by Crippen LogP contribution is -2.42. The predicted molar refractivity (Wildman–Crippen MR) is 122 cm³/mol. The van der Waals surface area contributed by atoms with Crippen molar-refractivity contribution >= 4 is 23.5 Å². The van der Waals surface area contributed by atoms with E-state index in [0.29, 0.717) is 28.1 Å². The molecule has 2 unspecified atom stereocenters.